The zero-order valence-electron chi connectivity index (χ0n) is 21.5. The lowest BCUT2D eigenvalue weighted by atomic mass is 9.92. The third-order valence-electron chi connectivity index (χ3n) is 7.40. The second-order valence-corrected chi connectivity index (χ2v) is 9.96. The third-order valence-corrected chi connectivity index (χ3v) is 7.40. The molecule has 0 fully saturated rings. The van der Waals surface area contributed by atoms with E-state index in [0.717, 1.165) is 38.8 Å². The van der Waals surface area contributed by atoms with Gasteiger partial charge in [-0.3, -0.25) is 0 Å². The molecule has 2 aromatic heterocycles. The van der Waals surface area contributed by atoms with Crippen molar-refractivity contribution >= 4 is 21.9 Å². The molecule has 0 aliphatic carbocycles. The SMILES string of the molecule is Cc1ccc(-c2ccc(-c3cccc4c3oc3c(-c5cccc[n+]5C)c(C)ccc34)cc2C)c(C)c1. The van der Waals surface area contributed by atoms with Crippen LogP contribution in [0.2, 0.25) is 0 Å². The van der Waals surface area contributed by atoms with Crippen molar-refractivity contribution in [3.05, 3.63) is 113 Å². The van der Waals surface area contributed by atoms with E-state index in [1.165, 1.54) is 38.9 Å². The minimum Gasteiger partial charge on any atom is -0.454 e. The van der Waals surface area contributed by atoms with Crippen LogP contribution < -0.4 is 4.57 Å². The molecule has 0 spiro atoms. The van der Waals surface area contributed by atoms with Gasteiger partial charge in [0.25, 0.3) is 0 Å². The Kier molecular flexibility index (Phi) is 5.26. The number of para-hydroxylation sites is 1. The Morgan fingerprint density at radius 2 is 1.33 bits per heavy atom. The average molecular weight is 469 g/mol. The average Bonchev–Trinajstić information content (AvgIpc) is 3.24. The fraction of sp³-hybridized carbons (Fsp3) is 0.147. The first-order valence-corrected chi connectivity index (χ1v) is 12.5. The molecule has 6 aromatic rings. The Morgan fingerprint density at radius 3 is 2.08 bits per heavy atom. The molecule has 2 heteroatoms. The summed E-state index contributed by atoms with van der Waals surface area (Å²) < 4.78 is 8.89. The molecule has 176 valence electrons. The van der Waals surface area contributed by atoms with Crippen LogP contribution in [0.15, 0.2) is 95.5 Å². The zero-order chi connectivity index (χ0) is 25.0. The van der Waals surface area contributed by atoms with Gasteiger partial charge < -0.3 is 4.42 Å². The number of hydrogen-bond acceptors (Lipinski definition) is 1. The summed E-state index contributed by atoms with van der Waals surface area (Å²) in [5, 5.41) is 2.30. The van der Waals surface area contributed by atoms with Crippen molar-refractivity contribution in [1.82, 2.24) is 0 Å². The molecule has 0 saturated carbocycles. The van der Waals surface area contributed by atoms with E-state index >= 15 is 0 Å². The monoisotopic (exact) mass is 468 g/mol. The van der Waals surface area contributed by atoms with Crippen molar-refractivity contribution in [1.29, 1.82) is 0 Å². The summed E-state index contributed by atoms with van der Waals surface area (Å²) in [6.45, 7) is 8.70. The molecule has 0 N–H and O–H groups in total. The predicted octanol–water partition coefficient (Wildman–Crippen LogP) is 8.65. The topological polar surface area (TPSA) is 17.0 Å². The normalized spacial score (nSPS) is 11.5. The van der Waals surface area contributed by atoms with Crippen LogP contribution in [-0.2, 0) is 7.05 Å². The number of furan rings is 1. The highest BCUT2D eigenvalue weighted by atomic mass is 16.3. The molecule has 0 atom stereocenters. The Hall–Kier alpha value is -4.17. The summed E-state index contributed by atoms with van der Waals surface area (Å²) in [4.78, 5) is 0. The van der Waals surface area contributed by atoms with Gasteiger partial charge in [0.15, 0.2) is 6.20 Å². The van der Waals surface area contributed by atoms with E-state index in [-0.39, 0.29) is 0 Å². The van der Waals surface area contributed by atoms with Crippen LogP contribution in [-0.4, -0.2) is 0 Å². The van der Waals surface area contributed by atoms with E-state index in [9.17, 15) is 0 Å². The smallest absolute Gasteiger partial charge is 0.216 e. The van der Waals surface area contributed by atoms with Crippen molar-refractivity contribution in [2.45, 2.75) is 27.7 Å². The Morgan fingerprint density at radius 1 is 0.583 bits per heavy atom. The first kappa shape index (κ1) is 22.3. The molecule has 0 amide bonds. The van der Waals surface area contributed by atoms with Gasteiger partial charge in [0.05, 0.1) is 5.56 Å². The molecule has 6 rings (SSSR count). The van der Waals surface area contributed by atoms with Gasteiger partial charge in [-0.15, -0.1) is 0 Å². The fourth-order valence-corrected chi connectivity index (χ4v) is 5.54. The number of fused-ring (bicyclic) bond motifs is 3. The fourth-order valence-electron chi connectivity index (χ4n) is 5.54. The molecule has 4 aromatic carbocycles. The van der Waals surface area contributed by atoms with E-state index in [1.54, 1.807) is 0 Å². The number of nitrogens with zero attached hydrogens (tertiary/aromatic N) is 1. The predicted molar refractivity (Wildman–Crippen MR) is 150 cm³/mol. The molecule has 36 heavy (non-hydrogen) atoms. The largest absolute Gasteiger partial charge is 0.454 e. The molecule has 0 radical (unpaired) electrons. The minimum atomic E-state index is 0.941. The Balaban J connectivity index is 1.55. The molecule has 0 bridgehead atoms. The lowest BCUT2D eigenvalue weighted by Gasteiger charge is -2.12. The van der Waals surface area contributed by atoms with Crippen molar-refractivity contribution in [2.24, 2.45) is 7.05 Å². The van der Waals surface area contributed by atoms with Crippen LogP contribution >= 0.6 is 0 Å². The van der Waals surface area contributed by atoms with Gasteiger partial charge in [0, 0.05) is 28.5 Å². The number of rotatable bonds is 3. The first-order valence-electron chi connectivity index (χ1n) is 12.5. The molecule has 0 saturated heterocycles. The summed E-state index contributed by atoms with van der Waals surface area (Å²) in [5.41, 5.74) is 14.1. The van der Waals surface area contributed by atoms with Gasteiger partial charge in [-0.05, 0) is 67.1 Å². The number of aromatic nitrogens is 1. The van der Waals surface area contributed by atoms with Crippen LogP contribution in [0.3, 0.4) is 0 Å². The second kappa shape index (κ2) is 8.49. The summed E-state index contributed by atoms with van der Waals surface area (Å²) in [7, 11) is 2.09. The highest BCUT2D eigenvalue weighted by molar-refractivity contribution is 6.13. The van der Waals surface area contributed by atoms with E-state index in [1.807, 2.05) is 0 Å². The zero-order valence-corrected chi connectivity index (χ0v) is 21.5. The molecule has 2 heterocycles. The molecule has 2 nitrogen and oxygen atoms in total. The van der Waals surface area contributed by atoms with Gasteiger partial charge in [-0.25, -0.2) is 4.57 Å². The van der Waals surface area contributed by atoms with Crippen LogP contribution in [0.25, 0.3) is 55.4 Å². The molecule has 0 aliphatic rings. The number of aryl methyl sites for hydroxylation is 5. The maximum absolute atomic E-state index is 6.73. The number of pyridine rings is 1. The van der Waals surface area contributed by atoms with E-state index in [2.05, 4.69) is 130 Å². The summed E-state index contributed by atoms with van der Waals surface area (Å²) >= 11 is 0. The standard InChI is InChI=1S/C34H30NO/c1-21-12-15-26(23(3)19-21)27-17-14-25(20-24(27)4)28-9-8-10-29-30-16-13-22(2)32(34(30)36-33(28)29)31-11-6-7-18-35(31)5/h6-20H,1-5H3/q+1. The Bertz CT molecular complexity index is 1790. The molecular formula is C34H30NO+. The highest BCUT2D eigenvalue weighted by Crippen LogP contribution is 2.41. The second-order valence-electron chi connectivity index (χ2n) is 9.96. The third kappa shape index (κ3) is 3.53. The molecule has 0 aliphatic heterocycles. The maximum Gasteiger partial charge on any atom is 0.216 e. The summed E-state index contributed by atoms with van der Waals surface area (Å²) in [5.74, 6) is 0. The lowest BCUT2D eigenvalue weighted by molar-refractivity contribution is -0.660. The van der Waals surface area contributed by atoms with Gasteiger partial charge in [-0.2, -0.15) is 0 Å². The van der Waals surface area contributed by atoms with Gasteiger partial charge in [0.1, 0.15) is 18.2 Å². The number of benzene rings is 4. The van der Waals surface area contributed by atoms with Crippen molar-refractivity contribution in [3.63, 3.8) is 0 Å². The van der Waals surface area contributed by atoms with Gasteiger partial charge in [-0.1, -0.05) is 72.3 Å². The number of hydrogen-bond donors (Lipinski definition) is 0. The van der Waals surface area contributed by atoms with E-state index in [4.69, 9.17) is 4.42 Å². The lowest BCUT2D eigenvalue weighted by Crippen LogP contribution is -2.30. The van der Waals surface area contributed by atoms with Gasteiger partial charge >= 0.3 is 0 Å². The highest BCUT2D eigenvalue weighted by Gasteiger charge is 2.21. The van der Waals surface area contributed by atoms with E-state index in [0.29, 0.717) is 0 Å². The van der Waals surface area contributed by atoms with Crippen molar-refractivity contribution < 1.29 is 8.98 Å². The summed E-state index contributed by atoms with van der Waals surface area (Å²) in [6.07, 6.45) is 2.09. The van der Waals surface area contributed by atoms with Crippen LogP contribution in [0.1, 0.15) is 22.3 Å². The Labute approximate surface area is 212 Å². The van der Waals surface area contributed by atoms with Crippen molar-refractivity contribution in [2.75, 3.05) is 0 Å². The first-order chi connectivity index (χ1) is 17.4. The van der Waals surface area contributed by atoms with Gasteiger partial charge in [0.2, 0.25) is 5.69 Å². The molecular weight excluding hydrogens is 438 g/mol. The van der Waals surface area contributed by atoms with Crippen molar-refractivity contribution in [3.8, 4) is 33.5 Å². The summed E-state index contributed by atoms with van der Waals surface area (Å²) in [6, 6.07) is 30.6. The van der Waals surface area contributed by atoms with Crippen LogP contribution in [0.4, 0.5) is 0 Å². The van der Waals surface area contributed by atoms with Crippen LogP contribution in [0, 0.1) is 27.7 Å². The van der Waals surface area contributed by atoms with E-state index < -0.39 is 0 Å². The quantitative estimate of drug-likeness (QED) is 0.238. The molecule has 0 unspecified atom stereocenters. The maximum atomic E-state index is 6.73. The van der Waals surface area contributed by atoms with Crippen LogP contribution in [0.5, 0.6) is 0 Å². The minimum absolute atomic E-state index is 0.941.